The van der Waals surface area contributed by atoms with E-state index >= 15 is 0 Å². The summed E-state index contributed by atoms with van der Waals surface area (Å²) in [5.74, 6) is -0.449. The van der Waals surface area contributed by atoms with Gasteiger partial charge in [0.05, 0.1) is 32.1 Å². The first kappa shape index (κ1) is 35.8. The van der Waals surface area contributed by atoms with Crippen LogP contribution in [0.2, 0.25) is 0 Å². The van der Waals surface area contributed by atoms with Crippen molar-refractivity contribution in [1.29, 1.82) is 5.41 Å². The van der Waals surface area contributed by atoms with Crippen molar-refractivity contribution in [3.8, 4) is 11.5 Å². The van der Waals surface area contributed by atoms with Crippen LogP contribution in [0.15, 0.2) is 18.2 Å². The van der Waals surface area contributed by atoms with Crippen molar-refractivity contribution in [2.75, 3.05) is 45.3 Å². The summed E-state index contributed by atoms with van der Waals surface area (Å²) < 4.78 is 17.3. The van der Waals surface area contributed by atoms with Crippen LogP contribution in [-0.4, -0.2) is 91.1 Å². The molecule has 1 aromatic carbocycles. The van der Waals surface area contributed by atoms with E-state index in [-0.39, 0.29) is 52.4 Å². The highest BCUT2D eigenvalue weighted by Crippen LogP contribution is 2.41. The van der Waals surface area contributed by atoms with E-state index in [1.807, 2.05) is 19.1 Å². The minimum atomic E-state index is -0.985. The number of nitrogens with zero attached hydrogens (tertiary/aromatic N) is 3. The van der Waals surface area contributed by atoms with E-state index < -0.39 is 18.0 Å². The number of rotatable bonds is 11. The fourth-order valence-electron chi connectivity index (χ4n) is 5.60. The molecule has 1 atom stereocenters. The second-order valence-corrected chi connectivity index (χ2v) is 12.1. The molecular weight excluding hydrogens is 646 g/mol. The van der Waals surface area contributed by atoms with Gasteiger partial charge in [0, 0.05) is 43.4 Å². The van der Waals surface area contributed by atoms with Crippen LogP contribution in [0.3, 0.4) is 0 Å². The number of amides is 1. The number of nitrogens with one attached hydrogen (secondary N) is 2. The number of benzene rings is 1. The van der Waals surface area contributed by atoms with Crippen molar-refractivity contribution >= 4 is 46.2 Å². The van der Waals surface area contributed by atoms with E-state index in [9.17, 15) is 19.5 Å². The van der Waals surface area contributed by atoms with E-state index in [1.165, 1.54) is 14.0 Å². The van der Waals surface area contributed by atoms with Crippen molar-refractivity contribution in [1.82, 2.24) is 15.2 Å². The summed E-state index contributed by atoms with van der Waals surface area (Å²) in [6.45, 7) is 11.4. The number of ketones is 1. The van der Waals surface area contributed by atoms with Gasteiger partial charge in [-0.3, -0.25) is 15.0 Å². The Bertz CT molecular complexity index is 1450. The number of hydrogen-bond acceptors (Lipinski definition) is 9. The van der Waals surface area contributed by atoms with Crippen LogP contribution >= 0.6 is 17.0 Å². The number of carbonyl (C=O) groups is 3. The molecule has 246 valence electrons. The maximum absolute atomic E-state index is 13.9. The number of carboxylic acid groups (broad SMARTS) is 1. The molecule has 1 aromatic heterocycles. The zero-order chi connectivity index (χ0) is 32.3. The number of carboxylic acids is 1. The van der Waals surface area contributed by atoms with Crippen molar-refractivity contribution in [3.63, 3.8) is 0 Å². The zero-order valence-corrected chi connectivity index (χ0v) is 28.7. The third-order valence-corrected chi connectivity index (χ3v) is 7.98. The number of pyridine rings is 1. The molecule has 13 heteroatoms. The predicted molar refractivity (Wildman–Crippen MR) is 176 cm³/mol. The molecule has 1 unspecified atom stereocenters. The molecule has 1 fully saturated rings. The van der Waals surface area contributed by atoms with Crippen LogP contribution in [0.5, 0.6) is 11.5 Å². The molecule has 0 bridgehead atoms. The maximum atomic E-state index is 13.9. The Morgan fingerprint density at radius 1 is 1.18 bits per heavy atom. The smallest absolute Gasteiger partial charge is 0.332 e. The normalized spacial score (nSPS) is 15.7. The molecule has 1 amide bonds. The number of fused-ring (bicyclic) bond motifs is 1. The van der Waals surface area contributed by atoms with E-state index in [1.54, 1.807) is 18.1 Å². The molecule has 45 heavy (non-hydrogen) atoms. The maximum Gasteiger partial charge on any atom is 0.332 e. The van der Waals surface area contributed by atoms with Crippen LogP contribution in [0.4, 0.5) is 5.69 Å². The minimum Gasteiger partial charge on any atom is -0.494 e. The molecule has 0 aliphatic carbocycles. The van der Waals surface area contributed by atoms with Gasteiger partial charge in [-0.1, -0.05) is 20.8 Å². The quantitative estimate of drug-likeness (QED) is 0.292. The third kappa shape index (κ3) is 7.75. The van der Waals surface area contributed by atoms with Gasteiger partial charge in [-0.15, -0.1) is 17.0 Å². The van der Waals surface area contributed by atoms with E-state index in [2.05, 4.69) is 36.0 Å². The lowest BCUT2D eigenvalue weighted by atomic mass is 9.84. The fourth-order valence-corrected chi connectivity index (χ4v) is 5.60. The van der Waals surface area contributed by atoms with Crippen LogP contribution in [0.25, 0.3) is 0 Å². The average molecular weight is 691 g/mol. The molecule has 0 saturated carbocycles. The first-order valence-electron chi connectivity index (χ1n) is 14.9. The topological polar surface area (TPSA) is 154 Å². The molecule has 2 aliphatic rings. The lowest BCUT2D eigenvalue weighted by Gasteiger charge is -2.36. The van der Waals surface area contributed by atoms with Crippen LogP contribution in [0.1, 0.15) is 85.1 Å². The largest absolute Gasteiger partial charge is 0.494 e. The molecule has 0 radical (unpaired) electrons. The number of hydrogen-bond donors (Lipinski definition) is 3. The number of methoxy groups -OCH3 is 1. The standard InChI is InChI=1S/C32H43N5O7.BrH/c1-8-43-25-15-20-16-37(29(33)26(20)35-27(25)30(39)34-6)17-24(38)19-13-22(32(3,4)5)28(42-7)23(14-19)36-11-9-21(10-12-36)44-18(2)31(40)41;/h13-15,18,21,33H,8-12,16-17H2,1-7H3,(H,34,39)(H,40,41);1H. The minimum absolute atomic E-state index is 0. The average Bonchev–Trinajstić information content (AvgIpc) is 3.28. The Balaban J connectivity index is 0.00000552. The van der Waals surface area contributed by atoms with Gasteiger partial charge in [0.2, 0.25) is 0 Å². The van der Waals surface area contributed by atoms with E-state index in [4.69, 9.17) is 19.6 Å². The second kappa shape index (κ2) is 14.6. The van der Waals surface area contributed by atoms with Crippen LogP contribution < -0.4 is 19.7 Å². The highest BCUT2D eigenvalue weighted by molar-refractivity contribution is 8.93. The highest BCUT2D eigenvalue weighted by Gasteiger charge is 2.33. The molecule has 2 aromatic rings. The number of aromatic nitrogens is 1. The summed E-state index contributed by atoms with van der Waals surface area (Å²) in [6.07, 6.45) is 0.240. The highest BCUT2D eigenvalue weighted by atomic mass is 79.9. The molecule has 3 heterocycles. The van der Waals surface area contributed by atoms with Gasteiger partial charge in [-0.25, -0.2) is 9.78 Å². The van der Waals surface area contributed by atoms with Gasteiger partial charge < -0.3 is 34.4 Å². The first-order valence-corrected chi connectivity index (χ1v) is 14.9. The molecule has 3 N–H and O–H groups in total. The Kier molecular flexibility index (Phi) is 11.6. The van der Waals surface area contributed by atoms with Crippen molar-refractivity contribution in [2.45, 2.75) is 71.6 Å². The Morgan fingerprint density at radius 2 is 1.84 bits per heavy atom. The number of amidine groups is 1. The van der Waals surface area contributed by atoms with Crippen LogP contribution in [0, 0.1) is 5.41 Å². The van der Waals surface area contributed by atoms with Gasteiger partial charge in [0.15, 0.2) is 23.3 Å². The lowest BCUT2D eigenvalue weighted by Crippen LogP contribution is -2.39. The lowest BCUT2D eigenvalue weighted by molar-refractivity contribution is -0.153. The summed E-state index contributed by atoms with van der Waals surface area (Å²) in [7, 11) is 3.13. The SMILES string of the molecule is Br.CCOc1cc2c(nc1C(=O)NC)C(=N)N(CC(=O)c1cc(N3CCC(OC(C)C(=O)O)CC3)c(OC)c(C(C)(C)C)c1)C2. The molecule has 12 nitrogen and oxygen atoms in total. The van der Waals surface area contributed by atoms with Gasteiger partial charge in [-0.05, 0) is 50.3 Å². The summed E-state index contributed by atoms with van der Waals surface area (Å²) in [5, 5.41) is 20.6. The predicted octanol–water partition coefficient (Wildman–Crippen LogP) is 4.21. The Morgan fingerprint density at radius 3 is 2.40 bits per heavy atom. The number of piperidine rings is 1. The summed E-state index contributed by atoms with van der Waals surface area (Å²) in [6, 6.07) is 5.44. The fraction of sp³-hybridized carbons (Fsp3) is 0.531. The molecule has 0 spiro atoms. The number of anilines is 1. The Labute approximate surface area is 274 Å². The number of ether oxygens (including phenoxy) is 3. The summed E-state index contributed by atoms with van der Waals surface area (Å²) in [5.41, 5.74) is 3.03. The summed E-state index contributed by atoms with van der Waals surface area (Å²) in [4.78, 5) is 45.8. The number of aliphatic carboxylic acids is 1. The third-order valence-electron chi connectivity index (χ3n) is 7.98. The van der Waals surface area contributed by atoms with Gasteiger partial charge in [-0.2, -0.15) is 0 Å². The number of Topliss-reactive ketones (excluding diaryl/α,β-unsaturated/α-hetero) is 1. The molecule has 1 saturated heterocycles. The van der Waals surface area contributed by atoms with Gasteiger partial charge in [0.1, 0.15) is 17.3 Å². The molecule has 4 rings (SSSR count). The van der Waals surface area contributed by atoms with Gasteiger partial charge >= 0.3 is 5.97 Å². The van der Waals surface area contributed by atoms with Crippen molar-refractivity contribution in [2.24, 2.45) is 0 Å². The van der Waals surface area contributed by atoms with Crippen molar-refractivity contribution in [3.05, 3.63) is 46.3 Å². The summed E-state index contributed by atoms with van der Waals surface area (Å²) >= 11 is 0. The number of halogens is 1. The first-order chi connectivity index (χ1) is 20.8. The van der Waals surface area contributed by atoms with Crippen molar-refractivity contribution < 1.29 is 33.7 Å². The molecule has 2 aliphatic heterocycles. The monoisotopic (exact) mass is 689 g/mol. The zero-order valence-electron chi connectivity index (χ0n) is 27.0. The van der Waals surface area contributed by atoms with Crippen LogP contribution in [-0.2, 0) is 21.5 Å². The Hall–Kier alpha value is -3.71. The number of carbonyl (C=O) groups excluding carboxylic acids is 2. The van der Waals surface area contributed by atoms with Gasteiger partial charge in [0.25, 0.3) is 5.91 Å². The van der Waals surface area contributed by atoms with E-state index in [0.717, 1.165) is 11.3 Å². The second-order valence-electron chi connectivity index (χ2n) is 12.1. The molecular formula is C32H44BrN5O7. The van der Waals surface area contributed by atoms with E-state index in [0.29, 0.717) is 67.4 Å².